The van der Waals surface area contributed by atoms with Crippen molar-refractivity contribution in [3.8, 4) is 27.9 Å². The van der Waals surface area contributed by atoms with Gasteiger partial charge in [-0.15, -0.1) is 0 Å². The van der Waals surface area contributed by atoms with Crippen molar-refractivity contribution >= 4 is 71.2 Å². The average molecular weight is 713 g/mol. The summed E-state index contributed by atoms with van der Waals surface area (Å²) in [6, 6.07) is 79.4. The highest BCUT2D eigenvalue weighted by Gasteiger charge is 2.17. The fraction of sp³-hybridized carbons (Fsp3) is 0. The number of rotatable bonds is 6. The van der Waals surface area contributed by atoms with Crippen LogP contribution in [0.2, 0.25) is 0 Å². The quantitative estimate of drug-likeness (QED) is 0.156. The highest BCUT2D eigenvalue weighted by atomic mass is 15.1. The first-order valence-corrected chi connectivity index (χ1v) is 19.3. The summed E-state index contributed by atoms with van der Waals surface area (Å²) in [6.45, 7) is 0. The lowest BCUT2D eigenvalue weighted by Gasteiger charge is -2.27. The van der Waals surface area contributed by atoms with Crippen LogP contribution in [-0.4, -0.2) is 4.57 Å². The van der Waals surface area contributed by atoms with Gasteiger partial charge in [0.25, 0.3) is 0 Å². The first kappa shape index (κ1) is 32.0. The molecule has 0 saturated carbocycles. The van der Waals surface area contributed by atoms with E-state index in [-0.39, 0.29) is 0 Å². The fourth-order valence-electron chi connectivity index (χ4n) is 8.67. The third kappa shape index (κ3) is 5.34. The van der Waals surface area contributed by atoms with Crippen LogP contribution in [0.1, 0.15) is 0 Å². The molecule has 11 aromatic rings. The molecule has 262 valence electrons. The largest absolute Gasteiger partial charge is 0.310 e. The van der Waals surface area contributed by atoms with Gasteiger partial charge in [0.2, 0.25) is 0 Å². The number of nitrogens with zero attached hydrogens (tertiary/aromatic N) is 2. The molecule has 1 aromatic heterocycles. The molecule has 0 aliphatic heterocycles. The Balaban J connectivity index is 0.985. The lowest BCUT2D eigenvalue weighted by Crippen LogP contribution is -2.10. The number of aromatic nitrogens is 1. The topological polar surface area (TPSA) is 8.17 Å². The number of hydrogen-bond acceptors (Lipinski definition) is 1. The Morgan fingerprint density at radius 1 is 0.286 bits per heavy atom. The van der Waals surface area contributed by atoms with Crippen molar-refractivity contribution < 1.29 is 0 Å². The first-order chi connectivity index (χ1) is 27.8. The van der Waals surface area contributed by atoms with Crippen LogP contribution in [0.15, 0.2) is 218 Å². The average Bonchev–Trinajstić information content (AvgIpc) is 3.62. The molecule has 11 rings (SSSR count). The molecule has 10 aromatic carbocycles. The van der Waals surface area contributed by atoms with Gasteiger partial charge in [-0.2, -0.15) is 0 Å². The van der Waals surface area contributed by atoms with Crippen LogP contribution in [0.5, 0.6) is 0 Å². The highest BCUT2D eigenvalue weighted by Crippen LogP contribution is 2.41. The standard InChI is InChI=1S/C54H36N2/c1-2-11-37(12-3-1)42-15-10-16-46(35-42)55(47-32-33-49-43(36-47)22-21-40-13-4-6-17-48(40)49)44-28-23-38(24-29-44)39-25-30-45(31-26-39)56-52-20-9-8-19-51(52)54-50-18-7-5-14-41(50)27-34-53(54)56/h1-36H. The van der Waals surface area contributed by atoms with E-state index < -0.39 is 0 Å². The Kier molecular flexibility index (Phi) is 7.53. The monoisotopic (exact) mass is 712 g/mol. The Morgan fingerprint density at radius 3 is 1.64 bits per heavy atom. The smallest absolute Gasteiger partial charge is 0.0547 e. The van der Waals surface area contributed by atoms with Gasteiger partial charge < -0.3 is 9.47 Å². The first-order valence-electron chi connectivity index (χ1n) is 19.3. The molecule has 56 heavy (non-hydrogen) atoms. The molecule has 0 bridgehead atoms. The second-order valence-corrected chi connectivity index (χ2v) is 14.6. The van der Waals surface area contributed by atoms with E-state index in [1.807, 2.05) is 0 Å². The van der Waals surface area contributed by atoms with Gasteiger partial charge in [0, 0.05) is 33.5 Å². The van der Waals surface area contributed by atoms with E-state index in [0.717, 1.165) is 22.7 Å². The summed E-state index contributed by atoms with van der Waals surface area (Å²) in [7, 11) is 0. The second kappa shape index (κ2) is 13.2. The van der Waals surface area contributed by atoms with Crippen LogP contribution in [0.25, 0.3) is 82.1 Å². The molecule has 0 fully saturated rings. The normalized spacial score (nSPS) is 11.6. The summed E-state index contributed by atoms with van der Waals surface area (Å²) < 4.78 is 2.40. The molecule has 2 heteroatoms. The molecule has 0 N–H and O–H groups in total. The molecule has 0 saturated heterocycles. The van der Waals surface area contributed by atoms with Gasteiger partial charge in [-0.05, 0) is 115 Å². The Morgan fingerprint density at radius 2 is 0.839 bits per heavy atom. The summed E-state index contributed by atoms with van der Waals surface area (Å²) >= 11 is 0. The van der Waals surface area contributed by atoms with Crippen molar-refractivity contribution in [3.05, 3.63) is 218 Å². The van der Waals surface area contributed by atoms with Crippen molar-refractivity contribution in [1.29, 1.82) is 0 Å². The van der Waals surface area contributed by atoms with E-state index >= 15 is 0 Å². The predicted octanol–water partition coefficient (Wildman–Crippen LogP) is 15.0. The Bertz CT molecular complexity index is 3230. The van der Waals surface area contributed by atoms with E-state index in [1.54, 1.807) is 0 Å². The number of anilines is 3. The zero-order valence-corrected chi connectivity index (χ0v) is 30.7. The van der Waals surface area contributed by atoms with Gasteiger partial charge in [0.1, 0.15) is 0 Å². The molecule has 0 aliphatic carbocycles. The molecule has 0 spiro atoms. The van der Waals surface area contributed by atoms with E-state index in [1.165, 1.54) is 76.4 Å². The third-order valence-corrected chi connectivity index (χ3v) is 11.3. The predicted molar refractivity (Wildman–Crippen MR) is 239 cm³/mol. The molecule has 0 radical (unpaired) electrons. The summed E-state index contributed by atoms with van der Waals surface area (Å²) in [5.41, 5.74) is 11.7. The SMILES string of the molecule is c1ccc(-c2cccc(N(c3ccc(-c4ccc(-n5c6ccccc6c6c7ccccc7ccc65)cc4)cc3)c3ccc4c(ccc5ccccc54)c3)c2)cc1. The minimum Gasteiger partial charge on any atom is -0.310 e. The van der Waals surface area contributed by atoms with Crippen molar-refractivity contribution in [2.45, 2.75) is 0 Å². The zero-order chi connectivity index (χ0) is 37.0. The van der Waals surface area contributed by atoms with Crippen LogP contribution >= 0.6 is 0 Å². The van der Waals surface area contributed by atoms with Gasteiger partial charge in [-0.1, -0.05) is 158 Å². The minimum atomic E-state index is 1.10. The molecule has 0 aliphatic rings. The van der Waals surface area contributed by atoms with E-state index in [4.69, 9.17) is 0 Å². The lowest BCUT2D eigenvalue weighted by molar-refractivity contribution is 1.18. The highest BCUT2D eigenvalue weighted by molar-refractivity contribution is 6.21. The molecule has 0 atom stereocenters. The van der Waals surface area contributed by atoms with Crippen LogP contribution in [-0.2, 0) is 0 Å². The second-order valence-electron chi connectivity index (χ2n) is 14.6. The Hall–Kier alpha value is -7.42. The maximum Gasteiger partial charge on any atom is 0.0547 e. The van der Waals surface area contributed by atoms with Gasteiger partial charge in [0.05, 0.1) is 11.0 Å². The van der Waals surface area contributed by atoms with Crippen molar-refractivity contribution in [2.24, 2.45) is 0 Å². The van der Waals surface area contributed by atoms with Gasteiger partial charge in [-0.3, -0.25) is 0 Å². The van der Waals surface area contributed by atoms with Crippen LogP contribution in [0.3, 0.4) is 0 Å². The van der Waals surface area contributed by atoms with E-state index in [9.17, 15) is 0 Å². The summed E-state index contributed by atoms with van der Waals surface area (Å²) in [5.74, 6) is 0. The minimum absolute atomic E-state index is 1.10. The molecule has 2 nitrogen and oxygen atoms in total. The van der Waals surface area contributed by atoms with Crippen molar-refractivity contribution in [1.82, 2.24) is 4.57 Å². The summed E-state index contributed by atoms with van der Waals surface area (Å²) in [4.78, 5) is 2.37. The molecular formula is C54H36N2. The van der Waals surface area contributed by atoms with E-state index in [2.05, 4.69) is 228 Å². The molecule has 1 heterocycles. The number of fused-ring (bicyclic) bond motifs is 8. The maximum absolute atomic E-state index is 2.40. The fourth-order valence-corrected chi connectivity index (χ4v) is 8.67. The third-order valence-electron chi connectivity index (χ3n) is 11.3. The molecular weight excluding hydrogens is 677 g/mol. The summed E-state index contributed by atoms with van der Waals surface area (Å²) in [6.07, 6.45) is 0. The van der Waals surface area contributed by atoms with Crippen molar-refractivity contribution in [3.63, 3.8) is 0 Å². The Labute approximate surface area is 325 Å². The number of hydrogen-bond donors (Lipinski definition) is 0. The van der Waals surface area contributed by atoms with Crippen LogP contribution in [0.4, 0.5) is 17.1 Å². The summed E-state index contributed by atoms with van der Waals surface area (Å²) in [5, 5.41) is 10.1. The van der Waals surface area contributed by atoms with Crippen LogP contribution in [0, 0.1) is 0 Å². The van der Waals surface area contributed by atoms with E-state index in [0.29, 0.717) is 0 Å². The molecule has 0 unspecified atom stereocenters. The van der Waals surface area contributed by atoms with Gasteiger partial charge >= 0.3 is 0 Å². The molecule has 0 amide bonds. The number of benzene rings is 10. The van der Waals surface area contributed by atoms with Crippen LogP contribution < -0.4 is 4.90 Å². The maximum atomic E-state index is 2.40. The lowest BCUT2D eigenvalue weighted by atomic mass is 10.0. The van der Waals surface area contributed by atoms with Gasteiger partial charge in [0.15, 0.2) is 0 Å². The zero-order valence-electron chi connectivity index (χ0n) is 30.7. The van der Waals surface area contributed by atoms with Crippen molar-refractivity contribution in [2.75, 3.05) is 4.90 Å². The number of para-hydroxylation sites is 1. The van der Waals surface area contributed by atoms with Gasteiger partial charge in [-0.25, -0.2) is 0 Å².